The van der Waals surface area contributed by atoms with Crippen LogP contribution in [0.2, 0.25) is 0 Å². The Bertz CT molecular complexity index is 728. The molecule has 7 nitrogen and oxygen atoms in total. The Kier molecular flexibility index (Phi) is 5.22. The summed E-state index contributed by atoms with van der Waals surface area (Å²) in [6.07, 6.45) is -0.413. The topological polar surface area (TPSA) is 73.3 Å². The maximum Gasteiger partial charge on any atom is 0.410 e. The van der Waals surface area contributed by atoms with Gasteiger partial charge in [-0.15, -0.1) is 0 Å². The summed E-state index contributed by atoms with van der Waals surface area (Å²) in [5.41, 5.74) is 2.87. The largest absolute Gasteiger partial charge is 0.465 e. The Balaban J connectivity index is 1.75. The zero-order chi connectivity index (χ0) is 19.8. The second kappa shape index (κ2) is 7.29. The lowest BCUT2D eigenvalue weighted by Crippen LogP contribution is -2.55. The van der Waals surface area contributed by atoms with E-state index in [1.54, 1.807) is 4.90 Å². The quantitative estimate of drug-likeness (QED) is 0.816. The first kappa shape index (κ1) is 19.3. The highest BCUT2D eigenvalue weighted by atomic mass is 16.6. The average molecular weight is 375 g/mol. The lowest BCUT2D eigenvalue weighted by molar-refractivity contribution is 0.0158. The Labute approximate surface area is 160 Å². The van der Waals surface area contributed by atoms with Gasteiger partial charge in [0.2, 0.25) is 0 Å². The summed E-state index contributed by atoms with van der Waals surface area (Å²) in [6, 6.07) is 6.19. The van der Waals surface area contributed by atoms with Gasteiger partial charge in [0.05, 0.1) is 6.54 Å². The van der Waals surface area contributed by atoms with Gasteiger partial charge in [-0.05, 0) is 51.3 Å². The summed E-state index contributed by atoms with van der Waals surface area (Å²) in [6.45, 7) is 10.6. The van der Waals surface area contributed by atoms with E-state index in [9.17, 15) is 14.7 Å². The minimum Gasteiger partial charge on any atom is -0.465 e. The molecule has 27 heavy (non-hydrogen) atoms. The third-order valence-electron chi connectivity index (χ3n) is 5.12. The van der Waals surface area contributed by atoms with Crippen LogP contribution in [0.15, 0.2) is 18.2 Å². The summed E-state index contributed by atoms with van der Waals surface area (Å²) in [5, 5.41) is 9.35. The molecule has 2 aliphatic heterocycles. The van der Waals surface area contributed by atoms with Gasteiger partial charge in [0.15, 0.2) is 0 Å². The second-order valence-corrected chi connectivity index (χ2v) is 8.34. The molecule has 1 aromatic rings. The monoisotopic (exact) mass is 375 g/mol. The number of amides is 2. The van der Waals surface area contributed by atoms with Crippen molar-refractivity contribution in [2.75, 3.05) is 31.1 Å². The predicted molar refractivity (Wildman–Crippen MR) is 103 cm³/mol. The van der Waals surface area contributed by atoms with Crippen LogP contribution in [-0.4, -0.2) is 64.9 Å². The van der Waals surface area contributed by atoms with Gasteiger partial charge in [-0.25, -0.2) is 9.59 Å². The van der Waals surface area contributed by atoms with Crippen LogP contribution in [0, 0.1) is 0 Å². The number of anilines is 1. The average Bonchev–Trinajstić information content (AvgIpc) is 2.59. The maximum atomic E-state index is 12.4. The standard InChI is InChI=1S/C20H29N3O4/c1-14-12-21(10-11-23(14)19(26)27-20(2,3)4)17-7-5-6-15-8-9-22(18(24)25)13-16(15)17/h5-7,14H,8-13H2,1-4H3,(H,24,25)/t14-/m1/s1. The number of rotatable bonds is 1. The molecule has 7 heteroatoms. The number of carboxylic acid groups (broad SMARTS) is 1. The molecule has 0 saturated carbocycles. The number of piperazine rings is 1. The smallest absolute Gasteiger partial charge is 0.410 e. The van der Waals surface area contributed by atoms with E-state index in [4.69, 9.17) is 4.74 Å². The Morgan fingerprint density at radius 1 is 1.19 bits per heavy atom. The number of hydrogen-bond donors (Lipinski definition) is 1. The van der Waals surface area contributed by atoms with Crippen molar-refractivity contribution in [2.24, 2.45) is 0 Å². The number of fused-ring (bicyclic) bond motifs is 1. The van der Waals surface area contributed by atoms with E-state index in [2.05, 4.69) is 17.0 Å². The zero-order valence-corrected chi connectivity index (χ0v) is 16.6. The Morgan fingerprint density at radius 2 is 1.93 bits per heavy atom. The number of nitrogens with zero attached hydrogens (tertiary/aromatic N) is 3. The van der Waals surface area contributed by atoms with Crippen molar-refractivity contribution in [3.63, 3.8) is 0 Å². The first-order valence-electron chi connectivity index (χ1n) is 9.49. The molecule has 0 bridgehead atoms. The fraction of sp³-hybridized carbons (Fsp3) is 0.600. The molecule has 1 saturated heterocycles. The van der Waals surface area contributed by atoms with Crippen LogP contribution in [0.25, 0.3) is 0 Å². The number of hydrogen-bond acceptors (Lipinski definition) is 4. The molecule has 1 atom stereocenters. The number of carbonyl (C=O) groups is 2. The molecule has 0 spiro atoms. The number of ether oxygens (including phenoxy) is 1. The van der Waals surface area contributed by atoms with Gasteiger partial charge in [-0.3, -0.25) is 0 Å². The molecular weight excluding hydrogens is 346 g/mol. The van der Waals surface area contributed by atoms with Crippen molar-refractivity contribution in [2.45, 2.75) is 52.3 Å². The number of benzene rings is 1. The molecule has 2 heterocycles. The molecule has 0 unspecified atom stereocenters. The van der Waals surface area contributed by atoms with Crippen molar-refractivity contribution >= 4 is 17.9 Å². The Hall–Kier alpha value is -2.44. The van der Waals surface area contributed by atoms with E-state index in [0.29, 0.717) is 32.7 Å². The van der Waals surface area contributed by atoms with Crippen LogP contribution in [0.1, 0.15) is 38.8 Å². The molecule has 1 aromatic carbocycles. The van der Waals surface area contributed by atoms with Gasteiger partial charge in [0, 0.05) is 37.9 Å². The van der Waals surface area contributed by atoms with E-state index in [0.717, 1.165) is 17.7 Å². The first-order valence-corrected chi connectivity index (χ1v) is 9.49. The van der Waals surface area contributed by atoms with Gasteiger partial charge >= 0.3 is 12.2 Å². The molecule has 3 rings (SSSR count). The van der Waals surface area contributed by atoms with E-state index in [1.165, 1.54) is 10.5 Å². The molecule has 1 N–H and O–H groups in total. The third-order valence-corrected chi connectivity index (χ3v) is 5.12. The highest BCUT2D eigenvalue weighted by Gasteiger charge is 2.32. The number of carbonyl (C=O) groups excluding carboxylic acids is 1. The van der Waals surface area contributed by atoms with E-state index >= 15 is 0 Å². The van der Waals surface area contributed by atoms with Crippen molar-refractivity contribution in [3.05, 3.63) is 29.3 Å². The van der Waals surface area contributed by atoms with Gasteiger partial charge in [0.1, 0.15) is 5.60 Å². The highest BCUT2D eigenvalue weighted by molar-refractivity contribution is 5.70. The second-order valence-electron chi connectivity index (χ2n) is 8.34. The summed E-state index contributed by atoms with van der Waals surface area (Å²) < 4.78 is 5.52. The van der Waals surface area contributed by atoms with Crippen LogP contribution < -0.4 is 4.90 Å². The fourth-order valence-corrected chi connectivity index (χ4v) is 3.79. The van der Waals surface area contributed by atoms with E-state index in [1.807, 2.05) is 33.8 Å². The summed E-state index contributed by atoms with van der Waals surface area (Å²) >= 11 is 0. The van der Waals surface area contributed by atoms with Crippen molar-refractivity contribution in [1.29, 1.82) is 0 Å². The maximum absolute atomic E-state index is 12.4. The first-order chi connectivity index (χ1) is 12.7. The molecule has 0 aromatic heterocycles. The van der Waals surface area contributed by atoms with Gasteiger partial charge < -0.3 is 24.5 Å². The summed E-state index contributed by atoms with van der Waals surface area (Å²) in [7, 11) is 0. The van der Waals surface area contributed by atoms with Gasteiger partial charge in [0.25, 0.3) is 0 Å². The highest BCUT2D eigenvalue weighted by Crippen LogP contribution is 2.31. The van der Waals surface area contributed by atoms with Crippen LogP contribution in [-0.2, 0) is 17.7 Å². The molecule has 0 radical (unpaired) electrons. The Morgan fingerprint density at radius 3 is 2.56 bits per heavy atom. The molecule has 1 fully saturated rings. The summed E-state index contributed by atoms with van der Waals surface area (Å²) in [4.78, 5) is 29.3. The summed E-state index contributed by atoms with van der Waals surface area (Å²) in [5.74, 6) is 0. The minimum absolute atomic E-state index is 0.0172. The lowest BCUT2D eigenvalue weighted by atomic mass is 9.97. The third kappa shape index (κ3) is 4.28. The van der Waals surface area contributed by atoms with Gasteiger partial charge in [-0.2, -0.15) is 0 Å². The van der Waals surface area contributed by atoms with Crippen LogP contribution in [0.5, 0.6) is 0 Å². The van der Waals surface area contributed by atoms with E-state index < -0.39 is 11.7 Å². The predicted octanol–water partition coefficient (Wildman–Crippen LogP) is 3.17. The molecule has 148 valence electrons. The van der Waals surface area contributed by atoms with Crippen molar-refractivity contribution in [1.82, 2.24) is 9.80 Å². The lowest BCUT2D eigenvalue weighted by Gasteiger charge is -2.42. The fourth-order valence-electron chi connectivity index (χ4n) is 3.79. The normalized spacial score (nSPS) is 20.3. The van der Waals surface area contributed by atoms with Gasteiger partial charge in [-0.1, -0.05) is 12.1 Å². The minimum atomic E-state index is -0.876. The van der Waals surface area contributed by atoms with E-state index in [-0.39, 0.29) is 12.1 Å². The molecule has 0 aliphatic carbocycles. The van der Waals surface area contributed by atoms with Crippen LogP contribution in [0.4, 0.5) is 15.3 Å². The molecule has 2 aliphatic rings. The van der Waals surface area contributed by atoms with Crippen molar-refractivity contribution < 1.29 is 19.4 Å². The molecular formula is C20H29N3O4. The molecule has 2 amide bonds. The SMILES string of the molecule is C[C@@H]1CN(c2cccc3c2CN(C(=O)O)CC3)CCN1C(=O)OC(C)(C)C. The van der Waals surface area contributed by atoms with Crippen molar-refractivity contribution in [3.8, 4) is 0 Å². The van der Waals surface area contributed by atoms with Crippen LogP contribution >= 0.6 is 0 Å². The van der Waals surface area contributed by atoms with Crippen LogP contribution in [0.3, 0.4) is 0 Å². The zero-order valence-electron chi connectivity index (χ0n) is 16.6.